The molecule has 11 heteroatoms. The van der Waals surface area contributed by atoms with E-state index in [2.05, 4.69) is 25.6 Å². The summed E-state index contributed by atoms with van der Waals surface area (Å²) in [6.07, 6.45) is 1.38. The van der Waals surface area contributed by atoms with Crippen molar-refractivity contribution < 1.29 is 9.21 Å². The lowest BCUT2D eigenvalue weighted by atomic mass is 10.1. The van der Waals surface area contributed by atoms with Crippen molar-refractivity contribution in [2.75, 3.05) is 38.2 Å². The van der Waals surface area contributed by atoms with Gasteiger partial charge in [0, 0.05) is 24.3 Å². The highest BCUT2D eigenvalue weighted by Crippen LogP contribution is 2.32. The first-order chi connectivity index (χ1) is 17.4. The zero-order valence-corrected chi connectivity index (χ0v) is 20.3. The van der Waals surface area contributed by atoms with Gasteiger partial charge >= 0.3 is 0 Å². The highest BCUT2D eigenvalue weighted by molar-refractivity contribution is 5.99. The summed E-state index contributed by atoms with van der Waals surface area (Å²) in [5, 5.41) is 11.5. The molecule has 11 nitrogen and oxygen atoms in total. The number of amides is 1. The monoisotopic (exact) mass is 485 g/mol. The zero-order chi connectivity index (χ0) is 25.2. The zero-order valence-electron chi connectivity index (χ0n) is 20.3. The highest BCUT2D eigenvalue weighted by atomic mass is 16.4. The number of fused-ring (bicyclic) bond motifs is 2. The van der Waals surface area contributed by atoms with Crippen molar-refractivity contribution in [3.63, 3.8) is 0 Å². The molecule has 3 aromatic heterocycles. The average Bonchev–Trinajstić information content (AvgIpc) is 3.46. The van der Waals surface area contributed by atoms with E-state index >= 15 is 0 Å². The van der Waals surface area contributed by atoms with Crippen molar-refractivity contribution >= 4 is 45.6 Å². The van der Waals surface area contributed by atoms with Gasteiger partial charge in [-0.2, -0.15) is 10.1 Å². The Balaban J connectivity index is 1.42. The summed E-state index contributed by atoms with van der Waals surface area (Å²) in [6.45, 7) is 3.06. The van der Waals surface area contributed by atoms with Gasteiger partial charge in [-0.15, -0.1) is 0 Å². The molecule has 0 aliphatic carbocycles. The number of para-hydroxylation sites is 2. The lowest BCUT2D eigenvalue weighted by Crippen LogP contribution is -2.36. The number of nitrogen functional groups attached to an aromatic ring is 1. The Morgan fingerprint density at radius 1 is 1.14 bits per heavy atom. The van der Waals surface area contributed by atoms with E-state index in [0.29, 0.717) is 40.7 Å². The van der Waals surface area contributed by atoms with Gasteiger partial charge in [0.05, 0.1) is 5.39 Å². The summed E-state index contributed by atoms with van der Waals surface area (Å²) >= 11 is 0. The summed E-state index contributed by atoms with van der Waals surface area (Å²) in [4.78, 5) is 27.8. The SMILES string of the molecule is CC(C(=O)NCCN(C)C)n1nc(-c2ccc(Nc3nc4ccccc4o3)cc2)c2c(N)ncnc21. The fourth-order valence-corrected chi connectivity index (χ4v) is 3.89. The topological polar surface area (TPSA) is 140 Å². The summed E-state index contributed by atoms with van der Waals surface area (Å²) in [5.41, 5.74) is 10.4. The Morgan fingerprint density at radius 3 is 2.67 bits per heavy atom. The number of oxazole rings is 1. The molecule has 0 saturated carbocycles. The molecule has 5 aromatic rings. The third-order valence-corrected chi connectivity index (χ3v) is 5.83. The number of benzene rings is 2. The van der Waals surface area contributed by atoms with Crippen LogP contribution in [0.25, 0.3) is 33.4 Å². The van der Waals surface area contributed by atoms with Crippen LogP contribution in [0.4, 0.5) is 17.5 Å². The summed E-state index contributed by atoms with van der Waals surface area (Å²) in [7, 11) is 3.91. The van der Waals surface area contributed by atoms with Crippen LogP contribution in [0.1, 0.15) is 13.0 Å². The predicted octanol–water partition coefficient (Wildman–Crippen LogP) is 3.20. The van der Waals surface area contributed by atoms with Gasteiger partial charge in [0.25, 0.3) is 6.01 Å². The average molecular weight is 486 g/mol. The minimum Gasteiger partial charge on any atom is -0.423 e. The number of nitrogens with zero attached hydrogens (tertiary/aromatic N) is 6. The van der Waals surface area contributed by atoms with Crippen molar-refractivity contribution in [3.05, 3.63) is 54.9 Å². The first-order valence-corrected chi connectivity index (χ1v) is 11.5. The number of carbonyl (C=O) groups is 1. The number of aromatic nitrogens is 5. The molecule has 0 radical (unpaired) electrons. The van der Waals surface area contributed by atoms with E-state index in [0.717, 1.165) is 23.3 Å². The molecule has 1 unspecified atom stereocenters. The molecule has 5 rings (SSSR count). The van der Waals surface area contributed by atoms with Crippen molar-refractivity contribution in [2.24, 2.45) is 0 Å². The van der Waals surface area contributed by atoms with E-state index in [1.165, 1.54) is 6.33 Å². The second-order valence-electron chi connectivity index (χ2n) is 8.71. The Hall–Kier alpha value is -4.51. The second-order valence-corrected chi connectivity index (χ2v) is 8.71. The van der Waals surface area contributed by atoms with E-state index in [1.54, 1.807) is 11.6 Å². The van der Waals surface area contributed by atoms with Crippen molar-refractivity contribution in [2.45, 2.75) is 13.0 Å². The van der Waals surface area contributed by atoms with E-state index in [9.17, 15) is 4.79 Å². The van der Waals surface area contributed by atoms with Crippen LogP contribution in [0.5, 0.6) is 0 Å². The smallest absolute Gasteiger partial charge is 0.300 e. The van der Waals surface area contributed by atoms with Crippen LogP contribution in [-0.4, -0.2) is 62.7 Å². The van der Waals surface area contributed by atoms with Gasteiger partial charge in [-0.05, 0) is 45.3 Å². The van der Waals surface area contributed by atoms with Crippen molar-refractivity contribution in [3.8, 4) is 11.3 Å². The largest absolute Gasteiger partial charge is 0.423 e. The lowest BCUT2D eigenvalue weighted by Gasteiger charge is -2.15. The third-order valence-electron chi connectivity index (χ3n) is 5.83. The Morgan fingerprint density at radius 2 is 1.92 bits per heavy atom. The van der Waals surface area contributed by atoms with Crippen LogP contribution in [0.15, 0.2) is 59.3 Å². The van der Waals surface area contributed by atoms with E-state index < -0.39 is 6.04 Å². The molecule has 0 aliphatic heterocycles. The molecule has 0 spiro atoms. The second kappa shape index (κ2) is 9.62. The van der Waals surface area contributed by atoms with Crippen LogP contribution in [0.2, 0.25) is 0 Å². The number of hydrogen-bond donors (Lipinski definition) is 3. The fraction of sp³-hybridized carbons (Fsp3) is 0.240. The van der Waals surface area contributed by atoms with Gasteiger partial charge in [-0.3, -0.25) is 4.79 Å². The minimum atomic E-state index is -0.585. The van der Waals surface area contributed by atoms with E-state index in [-0.39, 0.29) is 5.91 Å². The standard InChI is InChI=1S/C25H27N9O2/c1-15(24(35)27-12-13-33(2)3)34-23-20(22(26)28-14-29-23)21(32-34)16-8-10-17(11-9-16)30-25-31-18-6-4-5-7-19(18)36-25/h4-11,14-15H,12-13H2,1-3H3,(H,27,35)(H,30,31)(H2,26,28,29). The van der Waals surface area contributed by atoms with Gasteiger partial charge in [0.15, 0.2) is 11.2 Å². The first kappa shape index (κ1) is 23.2. The first-order valence-electron chi connectivity index (χ1n) is 11.5. The number of nitrogens with two attached hydrogens (primary N) is 1. The fourth-order valence-electron chi connectivity index (χ4n) is 3.89. The Kier molecular flexibility index (Phi) is 6.21. The lowest BCUT2D eigenvalue weighted by molar-refractivity contribution is -0.124. The Bertz CT molecular complexity index is 1490. The van der Waals surface area contributed by atoms with E-state index in [1.807, 2.05) is 67.5 Å². The number of likely N-dealkylation sites (N-methyl/N-ethyl adjacent to an activating group) is 1. The van der Waals surface area contributed by atoms with Crippen LogP contribution < -0.4 is 16.4 Å². The molecule has 2 aromatic carbocycles. The minimum absolute atomic E-state index is 0.150. The number of nitrogens with one attached hydrogen (secondary N) is 2. The van der Waals surface area contributed by atoms with Crippen LogP contribution in [0, 0.1) is 0 Å². The summed E-state index contributed by atoms with van der Waals surface area (Å²) in [5.74, 6) is 0.151. The maximum atomic E-state index is 12.8. The third kappa shape index (κ3) is 4.56. The van der Waals surface area contributed by atoms with Gasteiger partial charge in [0.1, 0.15) is 29.4 Å². The predicted molar refractivity (Wildman–Crippen MR) is 139 cm³/mol. The molecule has 184 valence electrons. The van der Waals surface area contributed by atoms with E-state index in [4.69, 9.17) is 15.2 Å². The van der Waals surface area contributed by atoms with Gasteiger partial charge in [0.2, 0.25) is 5.91 Å². The van der Waals surface area contributed by atoms with Crippen LogP contribution >= 0.6 is 0 Å². The molecule has 4 N–H and O–H groups in total. The maximum Gasteiger partial charge on any atom is 0.300 e. The summed E-state index contributed by atoms with van der Waals surface area (Å²) in [6, 6.07) is 15.0. The molecule has 0 saturated heterocycles. The normalized spacial score (nSPS) is 12.3. The molecule has 1 amide bonds. The van der Waals surface area contributed by atoms with Gasteiger partial charge in [-0.25, -0.2) is 14.6 Å². The van der Waals surface area contributed by atoms with Gasteiger partial charge in [-0.1, -0.05) is 24.3 Å². The molecular weight excluding hydrogens is 458 g/mol. The molecular formula is C25H27N9O2. The molecule has 0 fully saturated rings. The van der Waals surface area contributed by atoms with Crippen molar-refractivity contribution in [1.82, 2.24) is 34.9 Å². The summed E-state index contributed by atoms with van der Waals surface area (Å²) < 4.78 is 7.34. The Labute approximate surface area is 207 Å². The van der Waals surface area contributed by atoms with Gasteiger partial charge < -0.3 is 25.7 Å². The van der Waals surface area contributed by atoms with Crippen LogP contribution in [0.3, 0.4) is 0 Å². The number of rotatable bonds is 8. The number of hydrogen-bond acceptors (Lipinski definition) is 9. The van der Waals surface area contributed by atoms with Crippen LogP contribution in [-0.2, 0) is 4.79 Å². The maximum absolute atomic E-state index is 12.8. The molecule has 1 atom stereocenters. The molecule has 0 bridgehead atoms. The number of carbonyl (C=O) groups excluding carboxylic acids is 1. The van der Waals surface area contributed by atoms with Crippen molar-refractivity contribution in [1.29, 1.82) is 0 Å². The molecule has 36 heavy (non-hydrogen) atoms. The molecule has 3 heterocycles. The number of anilines is 3. The highest BCUT2D eigenvalue weighted by Gasteiger charge is 2.23. The molecule has 0 aliphatic rings. The quantitative estimate of drug-likeness (QED) is 0.302.